The normalized spacial score (nSPS) is 12.1. The highest BCUT2D eigenvalue weighted by Gasteiger charge is 2.19. The van der Waals surface area contributed by atoms with Crippen LogP contribution >= 0.6 is 24.0 Å². The van der Waals surface area contributed by atoms with Gasteiger partial charge in [-0.1, -0.05) is 38.1 Å². The Kier molecular flexibility index (Phi) is 12.3. The lowest BCUT2D eigenvalue weighted by atomic mass is 9.95. The van der Waals surface area contributed by atoms with Crippen LogP contribution in [0, 0.1) is 5.41 Å². The zero-order valence-electron chi connectivity index (χ0n) is 19.4. The van der Waals surface area contributed by atoms with E-state index in [9.17, 15) is 9.90 Å². The van der Waals surface area contributed by atoms with Crippen molar-refractivity contribution >= 4 is 36.0 Å². The van der Waals surface area contributed by atoms with Gasteiger partial charge in [0.1, 0.15) is 5.60 Å². The predicted molar refractivity (Wildman–Crippen MR) is 133 cm³/mol. The molecule has 7 nitrogen and oxygen atoms in total. The highest BCUT2D eigenvalue weighted by molar-refractivity contribution is 14.0. The van der Waals surface area contributed by atoms with Gasteiger partial charge in [0.05, 0.1) is 6.54 Å². The van der Waals surface area contributed by atoms with Crippen molar-refractivity contribution in [3.8, 4) is 0 Å². The molecule has 0 atom stereocenters. The number of aliphatic hydroxyl groups excluding tert-OH is 1. The molecule has 0 aromatic heterocycles. The molecule has 1 rings (SSSR count). The fourth-order valence-corrected chi connectivity index (χ4v) is 2.32. The van der Waals surface area contributed by atoms with Gasteiger partial charge in [-0.3, -0.25) is 0 Å². The molecule has 3 N–H and O–H groups in total. The Morgan fingerprint density at radius 1 is 1.10 bits per heavy atom. The van der Waals surface area contributed by atoms with E-state index < -0.39 is 5.60 Å². The second-order valence-corrected chi connectivity index (χ2v) is 9.02. The number of carbonyl (C=O) groups excluding carboxylic acids is 1. The number of nitrogens with one attached hydrogen (secondary N) is 2. The van der Waals surface area contributed by atoms with Crippen LogP contribution in [0.4, 0.5) is 4.79 Å². The minimum atomic E-state index is -0.502. The molecule has 1 aromatic rings. The number of halogens is 1. The van der Waals surface area contributed by atoms with Crippen LogP contribution in [-0.4, -0.2) is 54.4 Å². The maximum atomic E-state index is 12.1. The molecule has 0 heterocycles. The SMILES string of the molecule is CCNC(=NCc1ccc(CN(C)C(=O)OC(C)(C)C)cc1)NCC(C)(C)CO.I. The van der Waals surface area contributed by atoms with E-state index >= 15 is 0 Å². The first-order valence-electron chi connectivity index (χ1n) is 10.1. The number of rotatable bonds is 8. The summed E-state index contributed by atoms with van der Waals surface area (Å²) in [6.07, 6.45) is -0.335. The summed E-state index contributed by atoms with van der Waals surface area (Å²) in [7, 11) is 1.73. The van der Waals surface area contributed by atoms with Gasteiger partial charge < -0.3 is 25.4 Å². The van der Waals surface area contributed by atoms with Crippen LogP contribution in [0.25, 0.3) is 0 Å². The molecule has 0 fully saturated rings. The molecule has 0 saturated carbocycles. The van der Waals surface area contributed by atoms with Crippen LogP contribution in [0.1, 0.15) is 52.7 Å². The van der Waals surface area contributed by atoms with Crippen molar-refractivity contribution in [1.82, 2.24) is 15.5 Å². The number of hydrogen-bond donors (Lipinski definition) is 3. The lowest BCUT2D eigenvalue weighted by molar-refractivity contribution is 0.0285. The van der Waals surface area contributed by atoms with Crippen molar-refractivity contribution in [1.29, 1.82) is 0 Å². The fraction of sp³-hybridized carbons (Fsp3) is 0.636. The maximum absolute atomic E-state index is 12.1. The molecule has 0 radical (unpaired) electrons. The summed E-state index contributed by atoms with van der Waals surface area (Å²) in [5.41, 5.74) is 1.39. The third kappa shape index (κ3) is 11.6. The summed E-state index contributed by atoms with van der Waals surface area (Å²) in [6, 6.07) is 8.04. The van der Waals surface area contributed by atoms with Crippen LogP contribution < -0.4 is 10.6 Å². The van der Waals surface area contributed by atoms with Crippen LogP contribution in [0.5, 0.6) is 0 Å². The van der Waals surface area contributed by atoms with Gasteiger partial charge in [-0.15, -0.1) is 24.0 Å². The number of ether oxygens (including phenoxy) is 1. The average molecular weight is 534 g/mol. The second-order valence-electron chi connectivity index (χ2n) is 9.02. The van der Waals surface area contributed by atoms with Gasteiger partial charge in [0.15, 0.2) is 5.96 Å². The molecule has 172 valence electrons. The molecule has 1 amide bonds. The third-order valence-corrected chi connectivity index (χ3v) is 4.07. The molecule has 0 aliphatic rings. The lowest BCUT2D eigenvalue weighted by Crippen LogP contribution is -2.43. The number of guanidine groups is 1. The van der Waals surface area contributed by atoms with E-state index in [2.05, 4.69) is 15.6 Å². The predicted octanol–water partition coefficient (Wildman–Crippen LogP) is 3.75. The smallest absolute Gasteiger partial charge is 0.410 e. The largest absolute Gasteiger partial charge is 0.444 e. The van der Waals surface area contributed by atoms with E-state index in [0.717, 1.165) is 23.6 Å². The number of hydrogen-bond acceptors (Lipinski definition) is 4. The minimum absolute atomic E-state index is 0. The first-order valence-corrected chi connectivity index (χ1v) is 10.1. The zero-order valence-corrected chi connectivity index (χ0v) is 21.7. The number of carbonyl (C=O) groups is 1. The summed E-state index contributed by atoms with van der Waals surface area (Å²) in [5.74, 6) is 0.725. The summed E-state index contributed by atoms with van der Waals surface area (Å²) >= 11 is 0. The minimum Gasteiger partial charge on any atom is -0.444 e. The van der Waals surface area contributed by atoms with Crippen molar-refractivity contribution in [3.05, 3.63) is 35.4 Å². The van der Waals surface area contributed by atoms with E-state index in [1.165, 1.54) is 0 Å². The third-order valence-electron chi connectivity index (χ3n) is 4.07. The van der Waals surface area contributed by atoms with Gasteiger partial charge in [0.25, 0.3) is 0 Å². The topological polar surface area (TPSA) is 86.2 Å². The Balaban J connectivity index is 0.00000841. The summed E-state index contributed by atoms with van der Waals surface area (Å²) in [4.78, 5) is 18.3. The Morgan fingerprint density at radius 2 is 1.67 bits per heavy atom. The van der Waals surface area contributed by atoms with E-state index in [4.69, 9.17) is 4.74 Å². The molecule has 8 heteroatoms. The summed E-state index contributed by atoms with van der Waals surface area (Å²) < 4.78 is 5.38. The molecule has 0 spiro atoms. The van der Waals surface area contributed by atoms with E-state index in [0.29, 0.717) is 19.6 Å². The summed E-state index contributed by atoms with van der Waals surface area (Å²) in [5, 5.41) is 15.9. The van der Waals surface area contributed by atoms with Gasteiger partial charge in [0.2, 0.25) is 0 Å². The van der Waals surface area contributed by atoms with Crippen LogP contribution in [0.15, 0.2) is 29.3 Å². The van der Waals surface area contributed by atoms with Gasteiger partial charge in [0, 0.05) is 38.7 Å². The van der Waals surface area contributed by atoms with Crippen molar-refractivity contribution in [2.24, 2.45) is 10.4 Å². The molecule has 0 saturated heterocycles. The molecular weight excluding hydrogens is 495 g/mol. The van der Waals surface area contributed by atoms with E-state index in [-0.39, 0.29) is 42.1 Å². The van der Waals surface area contributed by atoms with Gasteiger partial charge in [-0.05, 0) is 38.8 Å². The van der Waals surface area contributed by atoms with Gasteiger partial charge in [-0.2, -0.15) is 0 Å². The monoisotopic (exact) mass is 534 g/mol. The quantitative estimate of drug-likeness (QED) is 0.269. The Labute approximate surface area is 198 Å². The van der Waals surface area contributed by atoms with Crippen molar-refractivity contribution < 1.29 is 14.6 Å². The van der Waals surface area contributed by atoms with Crippen molar-refractivity contribution in [2.75, 3.05) is 26.7 Å². The Hall–Kier alpha value is -1.55. The maximum Gasteiger partial charge on any atom is 0.410 e. The van der Waals surface area contributed by atoms with Crippen molar-refractivity contribution in [2.45, 2.75) is 60.2 Å². The molecular formula is C22H39IN4O3. The van der Waals surface area contributed by atoms with Crippen LogP contribution in [-0.2, 0) is 17.8 Å². The lowest BCUT2D eigenvalue weighted by Gasteiger charge is -2.24. The van der Waals surface area contributed by atoms with Crippen LogP contribution in [0.2, 0.25) is 0 Å². The van der Waals surface area contributed by atoms with Crippen molar-refractivity contribution in [3.63, 3.8) is 0 Å². The number of amides is 1. The first-order chi connectivity index (χ1) is 13.5. The highest BCUT2D eigenvalue weighted by Crippen LogP contribution is 2.13. The van der Waals surface area contributed by atoms with Gasteiger partial charge >= 0.3 is 6.09 Å². The number of aliphatic imine (C=N–C) groups is 1. The Bertz CT molecular complexity index is 670. The first kappa shape index (κ1) is 28.5. The molecule has 0 bridgehead atoms. The molecule has 0 aliphatic carbocycles. The van der Waals surface area contributed by atoms with E-state index in [1.807, 2.05) is 65.8 Å². The zero-order chi connectivity index (χ0) is 22.1. The number of benzene rings is 1. The fourth-order valence-electron chi connectivity index (χ4n) is 2.32. The Morgan fingerprint density at radius 3 is 2.17 bits per heavy atom. The number of aliphatic hydroxyl groups is 1. The number of nitrogens with zero attached hydrogens (tertiary/aromatic N) is 2. The standard InChI is InChI=1S/C22H38N4O3.HI/c1-8-23-19(25-15-22(5,6)16-27)24-13-17-9-11-18(12-10-17)14-26(7)20(28)29-21(2,3)4;/h9-12,27H,8,13-16H2,1-7H3,(H2,23,24,25);1H. The van der Waals surface area contributed by atoms with Gasteiger partial charge in [-0.25, -0.2) is 9.79 Å². The molecule has 1 aromatic carbocycles. The average Bonchev–Trinajstić information content (AvgIpc) is 2.63. The summed E-state index contributed by atoms with van der Waals surface area (Å²) in [6.45, 7) is 14.1. The highest BCUT2D eigenvalue weighted by atomic mass is 127. The second kappa shape index (κ2) is 13.0. The molecule has 0 aliphatic heterocycles. The molecule has 30 heavy (non-hydrogen) atoms. The van der Waals surface area contributed by atoms with Crippen LogP contribution in [0.3, 0.4) is 0 Å². The molecule has 0 unspecified atom stereocenters. The van der Waals surface area contributed by atoms with E-state index in [1.54, 1.807) is 11.9 Å².